The number of anilines is 1. The third-order valence-electron chi connectivity index (χ3n) is 3.49. The van der Waals surface area contributed by atoms with E-state index in [1.165, 1.54) is 36.4 Å². The van der Waals surface area contributed by atoms with Crippen LogP contribution in [-0.2, 0) is 16.4 Å². The van der Waals surface area contributed by atoms with Crippen LogP contribution in [0.3, 0.4) is 0 Å². The Morgan fingerprint density at radius 1 is 1.07 bits per heavy atom. The van der Waals surface area contributed by atoms with E-state index in [2.05, 4.69) is 10.1 Å². The Bertz CT molecular complexity index is 916. The normalized spacial score (nSPS) is 12.1. The Labute approximate surface area is 158 Å². The monoisotopic (exact) mass is 425 g/mol. The van der Waals surface area contributed by atoms with Crippen LogP contribution in [-0.4, -0.2) is 27.1 Å². The Morgan fingerprint density at radius 3 is 2.36 bits per heavy atom. The molecule has 2 rings (SSSR count). The van der Waals surface area contributed by atoms with Crippen LogP contribution in [0.15, 0.2) is 47.4 Å². The van der Waals surface area contributed by atoms with Crippen molar-refractivity contribution in [2.75, 3.05) is 11.9 Å². The topological polar surface area (TPSA) is 64.6 Å². The first-order valence-electron chi connectivity index (χ1n) is 7.91. The van der Waals surface area contributed by atoms with Crippen molar-refractivity contribution in [2.45, 2.75) is 30.5 Å². The second kappa shape index (κ2) is 8.63. The highest BCUT2D eigenvalue weighted by Crippen LogP contribution is 2.35. The van der Waals surface area contributed by atoms with Gasteiger partial charge in [-0.3, -0.25) is 0 Å². The van der Waals surface area contributed by atoms with Crippen LogP contribution in [0.25, 0.3) is 0 Å². The molecule has 0 aromatic heterocycles. The van der Waals surface area contributed by atoms with Crippen LogP contribution >= 0.6 is 0 Å². The van der Waals surface area contributed by atoms with E-state index in [-0.39, 0.29) is 30.3 Å². The molecule has 0 unspecified atom stereocenters. The smallest absolute Gasteiger partial charge is 0.490 e. The van der Waals surface area contributed by atoms with Gasteiger partial charge in [-0.2, -0.15) is 22.0 Å². The molecule has 0 aliphatic rings. The molecule has 0 spiro atoms. The fourth-order valence-corrected chi connectivity index (χ4v) is 3.23. The van der Waals surface area contributed by atoms with E-state index < -0.39 is 26.9 Å². The molecule has 0 aliphatic heterocycles. The summed E-state index contributed by atoms with van der Waals surface area (Å²) in [7, 11) is -5.54. The van der Waals surface area contributed by atoms with Gasteiger partial charge in [0.05, 0.1) is 17.2 Å². The molecule has 0 aliphatic carbocycles. The van der Waals surface area contributed by atoms with Crippen molar-refractivity contribution in [3.63, 3.8) is 0 Å². The highest BCUT2D eigenvalue weighted by Gasteiger charge is 2.47. The molecule has 5 nitrogen and oxygen atoms in total. The lowest BCUT2D eigenvalue weighted by molar-refractivity contribution is -0.0515. The number of nitrogens with one attached hydrogen (secondary N) is 1. The fourth-order valence-electron chi connectivity index (χ4n) is 2.29. The number of ether oxygens (including phenoxy) is 2. The zero-order valence-corrected chi connectivity index (χ0v) is 15.3. The molecule has 0 amide bonds. The van der Waals surface area contributed by atoms with Gasteiger partial charge in [0.2, 0.25) is 0 Å². The fraction of sp³-hybridized carbons (Fsp3) is 0.294. The van der Waals surface area contributed by atoms with Crippen molar-refractivity contribution in [2.24, 2.45) is 0 Å². The summed E-state index contributed by atoms with van der Waals surface area (Å²) in [6.45, 7) is -1.33. The maximum atomic E-state index is 12.8. The summed E-state index contributed by atoms with van der Waals surface area (Å²) in [5.74, 6) is -0.168. The lowest BCUT2D eigenvalue weighted by Gasteiger charge is -2.15. The molecule has 28 heavy (non-hydrogen) atoms. The van der Waals surface area contributed by atoms with Gasteiger partial charge in [-0.1, -0.05) is 18.2 Å². The molecule has 0 fully saturated rings. The molecule has 0 bridgehead atoms. The Balaban J connectivity index is 2.27. The third-order valence-corrected chi connectivity index (χ3v) is 5.03. The van der Waals surface area contributed by atoms with Crippen LogP contribution < -0.4 is 14.8 Å². The maximum absolute atomic E-state index is 12.8. The minimum Gasteiger partial charge on any atom is -0.490 e. The lowest BCUT2D eigenvalue weighted by Crippen LogP contribution is -2.24. The van der Waals surface area contributed by atoms with Crippen molar-refractivity contribution >= 4 is 15.5 Å². The molecule has 0 atom stereocenters. The summed E-state index contributed by atoms with van der Waals surface area (Å²) in [4.78, 5) is -0.912. The molecule has 0 radical (unpaired) electrons. The number of rotatable bonds is 8. The van der Waals surface area contributed by atoms with Crippen LogP contribution in [0, 0.1) is 0 Å². The number of alkyl halides is 5. The Kier molecular flexibility index (Phi) is 6.70. The second-order valence-corrected chi connectivity index (χ2v) is 7.30. The van der Waals surface area contributed by atoms with Crippen LogP contribution in [0.4, 0.5) is 27.6 Å². The summed E-state index contributed by atoms with van der Waals surface area (Å²) in [5, 5.41) is 2.61. The van der Waals surface area contributed by atoms with E-state index in [4.69, 9.17) is 4.74 Å². The summed E-state index contributed by atoms with van der Waals surface area (Å²) in [6, 6.07) is 8.58. The molecule has 0 heterocycles. The Hall–Kier alpha value is -2.56. The first kappa shape index (κ1) is 21.7. The number of hydrogen-bond donors (Lipinski definition) is 1. The first-order valence-corrected chi connectivity index (χ1v) is 9.39. The molecular formula is C17H16F5NO4S. The third kappa shape index (κ3) is 5.03. The predicted octanol–water partition coefficient (Wildman–Crippen LogP) is 4.59. The van der Waals surface area contributed by atoms with E-state index in [0.29, 0.717) is 5.56 Å². The van der Waals surface area contributed by atoms with E-state index in [0.717, 1.165) is 6.07 Å². The van der Waals surface area contributed by atoms with Crippen molar-refractivity contribution in [1.82, 2.24) is 0 Å². The van der Waals surface area contributed by atoms with Crippen molar-refractivity contribution in [1.29, 1.82) is 0 Å². The van der Waals surface area contributed by atoms with Crippen molar-refractivity contribution in [3.05, 3.63) is 48.0 Å². The van der Waals surface area contributed by atoms with Crippen LogP contribution in [0.1, 0.15) is 12.5 Å². The van der Waals surface area contributed by atoms with Crippen molar-refractivity contribution in [3.8, 4) is 11.5 Å². The van der Waals surface area contributed by atoms with Crippen LogP contribution in [0.5, 0.6) is 11.5 Å². The molecule has 1 N–H and O–H groups in total. The number of para-hydroxylation sites is 1. The lowest BCUT2D eigenvalue weighted by atomic mass is 10.2. The SMILES string of the molecule is CCOc1cc(CNc2ccccc2S(=O)(=O)C(F)(F)F)ccc1OC(F)F. The standard InChI is InChI=1S/C17H16F5NO4S/c1-2-26-14-9-11(7-8-13(14)27-16(18)19)10-23-12-5-3-4-6-15(12)28(24,25)17(20,21)22/h3-9,16,23H,2,10H2,1H3. The average Bonchev–Trinajstić information content (AvgIpc) is 2.61. The highest BCUT2D eigenvalue weighted by atomic mass is 32.2. The minimum absolute atomic E-state index is 0.0262. The van der Waals surface area contributed by atoms with Gasteiger partial charge in [0.15, 0.2) is 11.5 Å². The van der Waals surface area contributed by atoms with Gasteiger partial charge < -0.3 is 14.8 Å². The summed E-state index contributed by atoms with van der Waals surface area (Å²) < 4.78 is 96.3. The maximum Gasteiger partial charge on any atom is 0.501 e. The Morgan fingerprint density at radius 2 is 1.75 bits per heavy atom. The molecule has 154 valence electrons. The average molecular weight is 425 g/mol. The van der Waals surface area contributed by atoms with Crippen molar-refractivity contribution < 1.29 is 39.8 Å². The molecule has 11 heteroatoms. The van der Waals surface area contributed by atoms with E-state index in [1.807, 2.05) is 0 Å². The number of benzene rings is 2. The highest BCUT2D eigenvalue weighted by molar-refractivity contribution is 7.92. The largest absolute Gasteiger partial charge is 0.501 e. The van der Waals surface area contributed by atoms with Gasteiger partial charge in [0.1, 0.15) is 0 Å². The molecule has 0 saturated heterocycles. The van der Waals surface area contributed by atoms with Gasteiger partial charge in [0, 0.05) is 6.54 Å². The molecule has 0 saturated carbocycles. The molecule has 2 aromatic rings. The quantitative estimate of drug-likeness (QED) is 0.627. The number of hydrogen-bond acceptors (Lipinski definition) is 5. The summed E-state index contributed by atoms with van der Waals surface area (Å²) >= 11 is 0. The summed E-state index contributed by atoms with van der Waals surface area (Å²) in [5.41, 5.74) is -5.24. The zero-order chi connectivity index (χ0) is 20.9. The van der Waals surface area contributed by atoms with Gasteiger partial charge in [-0.15, -0.1) is 0 Å². The van der Waals surface area contributed by atoms with Gasteiger partial charge in [-0.05, 0) is 36.8 Å². The van der Waals surface area contributed by atoms with Gasteiger partial charge in [0.25, 0.3) is 9.84 Å². The minimum atomic E-state index is -5.54. The second-order valence-electron chi connectivity index (χ2n) is 5.39. The van der Waals surface area contributed by atoms with E-state index in [1.54, 1.807) is 6.92 Å². The van der Waals surface area contributed by atoms with E-state index >= 15 is 0 Å². The first-order chi connectivity index (χ1) is 13.1. The number of sulfone groups is 1. The number of halogens is 5. The summed E-state index contributed by atoms with van der Waals surface area (Å²) in [6.07, 6.45) is 0. The zero-order valence-electron chi connectivity index (χ0n) is 14.5. The van der Waals surface area contributed by atoms with Crippen LogP contribution in [0.2, 0.25) is 0 Å². The molecular weight excluding hydrogens is 409 g/mol. The van der Waals surface area contributed by atoms with E-state index in [9.17, 15) is 30.4 Å². The predicted molar refractivity (Wildman–Crippen MR) is 91.3 cm³/mol. The van der Waals surface area contributed by atoms with Gasteiger partial charge in [-0.25, -0.2) is 8.42 Å². The molecule has 2 aromatic carbocycles. The van der Waals surface area contributed by atoms with Gasteiger partial charge >= 0.3 is 12.1 Å².